The van der Waals surface area contributed by atoms with E-state index in [0.717, 1.165) is 48.1 Å². The lowest BCUT2D eigenvalue weighted by Gasteiger charge is -2.26. The van der Waals surface area contributed by atoms with Crippen molar-refractivity contribution in [2.75, 3.05) is 13.1 Å². The lowest BCUT2D eigenvalue weighted by molar-refractivity contribution is 0.0173. The summed E-state index contributed by atoms with van der Waals surface area (Å²) in [6.07, 6.45) is 7.61. The number of para-hydroxylation sites is 1. The molecule has 0 bridgehead atoms. The van der Waals surface area contributed by atoms with Crippen molar-refractivity contribution < 1.29 is 27.8 Å². The summed E-state index contributed by atoms with van der Waals surface area (Å²) in [6, 6.07) is 14.5. The summed E-state index contributed by atoms with van der Waals surface area (Å²) in [4.78, 5) is 15.3. The van der Waals surface area contributed by atoms with Gasteiger partial charge in [-0.25, -0.2) is 13.2 Å². The van der Waals surface area contributed by atoms with Crippen LogP contribution in [0.2, 0.25) is 5.02 Å². The first-order valence-corrected chi connectivity index (χ1v) is 16.5. The van der Waals surface area contributed by atoms with Crippen LogP contribution in [-0.4, -0.2) is 54.1 Å². The number of rotatable bonds is 15. The topological polar surface area (TPSA) is 118 Å². The fourth-order valence-electron chi connectivity index (χ4n) is 5.17. The van der Waals surface area contributed by atoms with E-state index in [9.17, 15) is 13.2 Å². The van der Waals surface area contributed by atoms with Gasteiger partial charge in [-0.15, -0.1) is 0 Å². The van der Waals surface area contributed by atoms with Gasteiger partial charge < -0.3 is 19.9 Å². The number of nitrogens with one attached hydrogen (secondary N) is 1. The molecular formula is C32H38ClN3O6S. The summed E-state index contributed by atoms with van der Waals surface area (Å²) in [5.74, 6) is 0.849. The van der Waals surface area contributed by atoms with E-state index in [4.69, 9.17) is 26.2 Å². The molecule has 0 atom stereocenters. The maximum absolute atomic E-state index is 13.7. The quantitative estimate of drug-likeness (QED) is 0.182. The number of amides is 1. The van der Waals surface area contributed by atoms with E-state index in [1.165, 1.54) is 10.4 Å². The molecule has 0 saturated heterocycles. The summed E-state index contributed by atoms with van der Waals surface area (Å²) in [7, 11) is -3.83. The number of pyridine rings is 1. The number of hydrogen-bond donors (Lipinski definition) is 2. The van der Waals surface area contributed by atoms with Crippen molar-refractivity contribution in [3.63, 3.8) is 0 Å². The molecule has 2 saturated carbocycles. The first-order valence-electron chi connectivity index (χ1n) is 14.7. The van der Waals surface area contributed by atoms with Crippen LogP contribution in [-0.2, 0) is 27.0 Å². The molecule has 1 amide bonds. The number of ether oxygens (including phenoxy) is 2. The molecule has 230 valence electrons. The number of sulfonamides is 1. The average Bonchev–Trinajstić information content (AvgIpc) is 3.91. The van der Waals surface area contributed by atoms with Gasteiger partial charge >= 0.3 is 6.09 Å². The lowest BCUT2D eigenvalue weighted by Crippen LogP contribution is -2.38. The molecule has 0 unspecified atom stereocenters. The molecule has 5 rings (SSSR count). The maximum Gasteiger partial charge on any atom is 0.404 e. The van der Waals surface area contributed by atoms with E-state index in [2.05, 4.69) is 16.4 Å². The predicted molar refractivity (Wildman–Crippen MR) is 165 cm³/mol. The molecule has 1 heterocycles. The maximum atomic E-state index is 13.7. The molecule has 1 aromatic heterocycles. The molecule has 2 aromatic carbocycles. The van der Waals surface area contributed by atoms with Gasteiger partial charge in [0.05, 0.1) is 23.2 Å². The van der Waals surface area contributed by atoms with Gasteiger partial charge in [0.15, 0.2) is 0 Å². The molecular weight excluding hydrogens is 590 g/mol. The Labute approximate surface area is 258 Å². The molecule has 0 radical (unpaired) electrons. The molecule has 3 aromatic rings. The van der Waals surface area contributed by atoms with Crippen molar-refractivity contribution in [1.29, 1.82) is 0 Å². The normalized spacial score (nSPS) is 15.9. The minimum absolute atomic E-state index is 0.138. The highest BCUT2D eigenvalue weighted by Gasteiger charge is 2.48. The molecule has 2 aliphatic rings. The fourth-order valence-corrected chi connectivity index (χ4v) is 7.07. The molecule has 2 aliphatic carbocycles. The summed E-state index contributed by atoms with van der Waals surface area (Å²) >= 11 is 6.56. The van der Waals surface area contributed by atoms with Gasteiger partial charge in [0.1, 0.15) is 5.75 Å². The van der Waals surface area contributed by atoms with E-state index < -0.39 is 21.7 Å². The van der Waals surface area contributed by atoms with E-state index >= 15 is 0 Å². The number of unbranched alkanes of at least 4 members (excludes halogenated alkanes) is 1. The van der Waals surface area contributed by atoms with E-state index in [0.29, 0.717) is 23.4 Å². The Hall–Kier alpha value is -3.18. The van der Waals surface area contributed by atoms with Crippen LogP contribution in [0, 0.1) is 0 Å². The number of hydrogen-bond acceptors (Lipinski definition) is 6. The number of carboxylic acid groups (broad SMARTS) is 1. The molecule has 2 N–H and O–H groups in total. The van der Waals surface area contributed by atoms with Gasteiger partial charge in [-0.2, -0.15) is 4.31 Å². The third kappa shape index (κ3) is 7.49. The van der Waals surface area contributed by atoms with Crippen LogP contribution >= 0.6 is 11.6 Å². The molecule has 2 fully saturated rings. The number of aromatic nitrogens is 1. The molecule has 9 nitrogen and oxygen atoms in total. The van der Waals surface area contributed by atoms with Crippen molar-refractivity contribution >= 4 is 27.7 Å². The lowest BCUT2D eigenvalue weighted by atomic mass is 9.96. The van der Waals surface area contributed by atoms with Crippen molar-refractivity contribution in [2.45, 2.75) is 81.6 Å². The average molecular weight is 628 g/mol. The minimum atomic E-state index is -3.83. The molecule has 0 spiro atoms. The predicted octanol–water partition coefficient (Wildman–Crippen LogP) is 6.60. The SMILES string of the molecule is CC(C)N(CCCCNC(=O)O)S(=O)(=O)c1ccc(Cl)c(COC2(c3cnccc3-c3ccccc3OC3CC3)CC2)c1. The second-order valence-electron chi connectivity index (χ2n) is 11.4. The highest BCUT2D eigenvalue weighted by Crippen LogP contribution is 2.53. The highest BCUT2D eigenvalue weighted by molar-refractivity contribution is 7.89. The van der Waals surface area contributed by atoms with Crippen LogP contribution in [0.15, 0.2) is 65.8 Å². The number of nitrogens with zero attached hydrogens (tertiary/aromatic N) is 2. The van der Waals surface area contributed by atoms with Gasteiger partial charge in [0.25, 0.3) is 0 Å². The third-order valence-electron chi connectivity index (χ3n) is 7.80. The van der Waals surface area contributed by atoms with E-state index in [1.54, 1.807) is 18.3 Å². The van der Waals surface area contributed by atoms with Crippen LogP contribution in [0.25, 0.3) is 11.1 Å². The number of halogens is 1. The smallest absolute Gasteiger partial charge is 0.404 e. The van der Waals surface area contributed by atoms with E-state index in [1.807, 2.05) is 44.3 Å². The third-order valence-corrected chi connectivity index (χ3v) is 10.2. The Bertz CT molecular complexity index is 1560. The summed E-state index contributed by atoms with van der Waals surface area (Å²) in [6.45, 7) is 4.32. The van der Waals surface area contributed by atoms with Crippen molar-refractivity contribution in [3.8, 4) is 16.9 Å². The second-order valence-corrected chi connectivity index (χ2v) is 13.7. The Morgan fingerprint density at radius 2 is 1.91 bits per heavy atom. The zero-order chi connectivity index (χ0) is 30.6. The van der Waals surface area contributed by atoms with Gasteiger partial charge in [0.2, 0.25) is 10.0 Å². The highest BCUT2D eigenvalue weighted by atomic mass is 35.5. The zero-order valence-electron chi connectivity index (χ0n) is 24.5. The summed E-state index contributed by atoms with van der Waals surface area (Å²) in [5.41, 5.74) is 3.02. The summed E-state index contributed by atoms with van der Waals surface area (Å²) < 4.78 is 41.5. The molecule has 0 aliphatic heterocycles. The molecule has 43 heavy (non-hydrogen) atoms. The van der Waals surface area contributed by atoms with Crippen molar-refractivity contribution in [1.82, 2.24) is 14.6 Å². The number of carbonyl (C=O) groups is 1. The van der Waals surface area contributed by atoms with Crippen LogP contribution in [0.3, 0.4) is 0 Å². The van der Waals surface area contributed by atoms with Crippen LogP contribution in [0.5, 0.6) is 5.75 Å². The standard InChI is InChI=1S/C32H38ClN3O6S/c1-22(2)36(18-6-5-16-35-31(37)38)43(39,40)25-11-12-29(33)23(19-25)21-41-32(14-15-32)28-20-34-17-13-26(28)27-7-3-4-8-30(27)42-24-9-10-24/h3-4,7-8,11-13,17,19-20,22,24,35H,5-6,9-10,14-16,18,21H2,1-2H3,(H,37,38). The van der Waals surface area contributed by atoms with Crippen LogP contribution in [0.4, 0.5) is 4.79 Å². The Morgan fingerprint density at radius 1 is 1.14 bits per heavy atom. The largest absolute Gasteiger partial charge is 0.490 e. The number of benzene rings is 2. The van der Waals surface area contributed by atoms with Crippen LogP contribution in [0.1, 0.15) is 63.5 Å². The Kier molecular flexibility index (Phi) is 9.60. The first-order chi connectivity index (χ1) is 20.6. The monoisotopic (exact) mass is 627 g/mol. The Balaban J connectivity index is 1.33. The molecule has 11 heteroatoms. The van der Waals surface area contributed by atoms with Gasteiger partial charge in [0, 0.05) is 47.7 Å². The van der Waals surface area contributed by atoms with E-state index in [-0.39, 0.29) is 36.7 Å². The second kappa shape index (κ2) is 13.2. The first kappa shape index (κ1) is 31.3. The summed E-state index contributed by atoms with van der Waals surface area (Å²) in [5, 5.41) is 11.5. The van der Waals surface area contributed by atoms with Crippen molar-refractivity contribution in [2.24, 2.45) is 0 Å². The fraction of sp³-hybridized carbons (Fsp3) is 0.438. The van der Waals surface area contributed by atoms with Gasteiger partial charge in [-0.05, 0) is 93.8 Å². The zero-order valence-corrected chi connectivity index (χ0v) is 26.0. The minimum Gasteiger partial charge on any atom is -0.490 e. The van der Waals surface area contributed by atoms with Crippen LogP contribution < -0.4 is 10.1 Å². The van der Waals surface area contributed by atoms with Gasteiger partial charge in [-0.3, -0.25) is 4.98 Å². The Morgan fingerprint density at radius 3 is 2.60 bits per heavy atom. The van der Waals surface area contributed by atoms with Crippen molar-refractivity contribution in [3.05, 3.63) is 77.1 Å². The van der Waals surface area contributed by atoms with Gasteiger partial charge in [-0.1, -0.05) is 29.8 Å².